The zero-order valence-electron chi connectivity index (χ0n) is 12.8. The first-order chi connectivity index (χ1) is 9.54. The molecule has 5 nitrogen and oxygen atoms in total. The second-order valence-corrected chi connectivity index (χ2v) is 6.42. The van der Waals surface area contributed by atoms with Crippen molar-refractivity contribution >= 4 is 5.97 Å². The third-order valence-corrected chi connectivity index (χ3v) is 4.53. The summed E-state index contributed by atoms with van der Waals surface area (Å²) < 4.78 is 5.88. The molecular formula is C15H28N2O3. The van der Waals surface area contributed by atoms with Gasteiger partial charge in [0.05, 0.1) is 12.7 Å². The molecule has 2 aliphatic heterocycles. The number of rotatable bonds is 5. The smallest absolute Gasteiger partial charge is 0.303 e. The van der Waals surface area contributed by atoms with Crippen molar-refractivity contribution in [3.05, 3.63) is 0 Å². The lowest BCUT2D eigenvalue weighted by Gasteiger charge is -2.39. The minimum Gasteiger partial charge on any atom is -0.481 e. The number of hydrogen-bond acceptors (Lipinski definition) is 4. The van der Waals surface area contributed by atoms with Crippen LogP contribution in [0.5, 0.6) is 0 Å². The molecule has 2 saturated heterocycles. The quantitative estimate of drug-likeness (QED) is 0.824. The Morgan fingerprint density at radius 3 is 2.60 bits per heavy atom. The molecule has 1 N–H and O–H groups in total. The summed E-state index contributed by atoms with van der Waals surface area (Å²) in [6, 6.07) is 0.586. The zero-order valence-corrected chi connectivity index (χ0v) is 12.8. The predicted octanol–water partition coefficient (Wildman–Crippen LogP) is 1.28. The molecule has 2 fully saturated rings. The SMILES string of the molecule is CC(C)N1CCOC(CN2CCC(CC(=O)O)CC2)C1. The van der Waals surface area contributed by atoms with Crippen molar-refractivity contribution in [1.29, 1.82) is 0 Å². The van der Waals surface area contributed by atoms with Crippen LogP contribution in [0.2, 0.25) is 0 Å². The fourth-order valence-corrected chi connectivity index (χ4v) is 3.23. The summed E-state index contributed by atoms with van der Waals surface area (Å²) >= 11 is 0. The number of aliphatic carboxylic acids is 1. The molecule has 2 heterocycles. The van der Waals surface area contributed by atoms with Crippen molar-refractivity contribution in [2.45, 2.75) is 45.3 Å². The Bertz CT molecular complexity index is 314. The number of hydrogen-bond donors (Lipinski definition) is 1. The van der Waals surface area contributed by atoms with Crippen LogP contribution >= 0.6 is 0 Å². The average Bonchev–Trinajstić information content (AvgIpc) is 2.41. The Kier molecular flexibility index (Phi) is 5.81. The number of carboxylic acids is 1. The lowest BCUT2D eigenvalue weighted by atomic mass is 9.93. The van der Waals surface area contributed by atoms with Gasteiger partial charge in [0.25, 0.3) is 0 Å². The number of morpholine rings is 1. The minimum atomic E-state index is -0.661. The topological polar surface area (TPSA) is 53.0 Å². The van der Waals surface area contributed by atoms with Gasteiger partial charge in [0.2, 0.25) is 0 Å². The lowest BCUT2D eigenvalue weighted by Crippen LogP contribution is -2.50. The highest BCUT2D eigenvalue weighted by Crippen LogP contribution is 2.21. The van der Waals surface area contributed by atoms with Crippen molar-refractivity contribution in [1.82, 2.24) is 9.80 Å². The van der Waals surface area contributed by atoms with Gasteiger partial charge in [0, 0.05) is 32.1 Å². The molecule has 0 amide bonds. The van der Waals surface area contributed by atoms with Gasteiger partial charge in [0.15, 0.2) is 0 Å². The average molecular weight is 284 g/mol. The molecule has 0 aromatic heterocycles. The van der Waals surface area contributed by atoms with Crippen LogP contribution in [0.4, 0.5) is 0 Å². The Morgan fingerprint density at radius 2 is 2.00 bits per heavy atom. The first-order valence-corrected chi connectivity index (χ1v) is 7.84. The van der Waals surface area contributed by atoms with Crippen LogP contribution in [0.25, 0.3) is 0 Å². The third kappa shape index (κ3) is 4.72. The zero-order chi connectivity index (χ0) is 14.5. The van der Waals surface area contributed by atoms with E-state index < -0.39 is 5.97 Å². The molecule has 0 radical (unpaired) electrons. The van der Waals surface area contributed by atoms with E-state index in [0.717, 1.165) is 52.2 Å². The van der Waals surface area contributed by atoms with Gasteiger partial charge in [-0.25, -0.2) is 0 Å². The second kappa shape index (κ2) is 7.38. The van der Waals surface area contributed by atoms with Gasteiger partial charge in [-0.2, -0.15) is 0 Å². The van der Waals surface area contributed by atoms with Crippen LogP contribution in [0, 0.1) is 5.92 Å². The molecule has 1 unspecified atom stereocenters. The van der Waals surface area contributed by atoms with Gasteiger partial charge in [-0.05, 0) is 45.7 Å². The van der Waals surface area contributed by atoms with E-state index in [-0.39, 0.29) is 0 Å². The summed E-state index contributed by atoms with van der Waals surface area (Å²) in [5, 5.41) is 8.83. The molecule has 0 spiro atoms. The molecule has 5 heteroatoms. The number of likely N-dealkylation sites (tertiary alicyclic amines) is 1. The van der Waals surface area contributed by atoms with E-state index in [4.69, 9.17) is 9.84 Å². The Balaban J connectivity index is 1.71. The molecule has 0 aromatic rings. The molecule has 2 rings (SSSR count). The highest BCUT2D eigenvalue weighted by molar-refractivity contribution is 5.67. The van der Waals surface area contributed by atoms with E-state index in [9.17, 15) is 4.79 Å². The molecule has 116 valence electrons. The van der Waals surface area contributed by atoms with E-state index in [1.165, 1.54) is 0 Å². The fourth-order valence-electron chi connectivity index (χ4n) is 3.23. The molecule has 2 aliphatic rings. The summed E-state index contributed by atoms with van der Waals surface area (Å²) in [5.74, 6) is -0.296. The summed E-state index contributed by atoms with van der Waals surface area (Å²) in [5.41, 5.74) is 0. The number of nitrogens with zero attached hydrogens (tertiary/aromatic N) is 2. The summed E-state index contributed by atoms with van der Waals surface area (Å²) in [6.07, 6.45) is 2.65. The minimum absolute atomic E-state index is 0.308. The maximum Gasteiger partial charge on any atom is 0.303 e. The van der Waals surface area contributed by atoms with Crippen LogP contribution in [-0.4, -0.2) is 72.4 Å². The first kappa shape index (κ1) is 15.7. The van der Waals surface area contributed by atoms with Crippen molar-refractivity contribution in [3.8, 4) is 0 Å². The summed E-state index contributed by atoms with van der Waals surface area (Å²) in [7, 11) is 0. The number of ether oxygens (including phenoxy) is 1. The van der Waals surface area contributed by atoms with Crippen LogP contribution in [0.3, 0.4) is 0 Å². The molecule has 0 aromatic carbocycles. The maximum atomic E-state index is 10.7. The number of carboxylic acid groups (broad SMARTS) is 1. The van der Waals surface area contributed by atoms with Gasteiger partial charge in [-0.3, -0.25) is 9.69 Å². The molecule has 0 saturated carbocycles. The summed E-state index contributed by atoms with van der Waals surface area (Å²) in [4.78, 5) is 15.6. The molecule has 0 bridgehead atoms. The van der Waals surface area contributed by atoms with Crippen molar-refractivity contribution in [2.24, 2.45) is 5.92 Å². The normalized spacial score (nSPS) is 27.1. The Morgan fingerprint density at radius 1 is 1.30 bits per heavy atom. The number of piperidine rings is 1. The third-order valence-electron chi connectivity index (χ3n) is 4.53. The maximum absolute atomic E-state index is 10.7. The second-order valence-electron chi connectivity index (χ2n) is 6.42. The monoisotopic (exact) mass is 284 g/mol. The Labute approximate surface area is 121 Å². The Hall–Kier alpha value is -0.650. The lowest BCUT2D eigenvalue weighted by molar-refractivity contribution is -0.138. The van der Waals surface area contributed by atoms with E-state index in [2.05, 4.69) is 23.6 Å². The van der Waals surface area contributed by atoms with Gasteiger partial charge < -0.3 is 14.7 Å². The van der Waals surface area contributed by atoms with Gasteiger partial charge >= 0.3 is 5.97 Å². The van der Waals surface area contributed by atoms with E-state index >= 15 is 0 Å². The van der Waals surface area contributed by atoms with E-state index in [1.54, 1.807) is 0 Å². The summed E-state index contributed by atoms with van der Waals surface area (Å²) in [6.45, 7) is 10.4. The van der Waals surface area contributed by atoms with Crippen LogP contribution < -0.4 is 0 Å². The van der Waals surface area contributed by atoms with Crippen LogP contribution in [-0.2, 0) is 9.53 Å². The molecule has 0 aliphatic carbocycles. The highest BCUT2D eigenvalue weighted by Gasteiger charge is 2.27. The van der Waals surface area contributed by atoms with Crippen molar-refractivity contribution in [2.75, 3.05) is 39.3 Å². The first-order valence-electron chi connectivity index (χ1n) is 7.84. The van der Waals surface area contributed by atoms with Gasteiger partial charge in [0.1, 0.15) is 0 Å². The predicted molar refractivity (Wildman–Crippen MR) is 77.9 cm³/mol. The molecule has 20 heavy (non-hydrogen) atoms. The van der Waals surface area contributed by atoms with Crippen molar-refractivity contribution < 1.29 is 14.6 Å². The van der Waals surface area contributed by atoms with E-state index in [0.29, 0.717) is 24.5 Å². The standard InChI is InChI=1S/C15H28N2O3/c1-12(2)17-7-8-20-14(11-17)10-16-5-3-13(4-6-16)9-15(18)19/h12-14H,3-11H2,1-2H3,(H,18,19). The van der Waals surface area contributed by atoms with Gasteiger partial charge in [-0.15, -0.1) is 0 Å². The number of carbonyl (C=O) groups is 1. The largest absolute Gasteiger partial charge is 0.481 e. The highest BCUT2D eigenvalue weighted by atomic mass is 16.5. The van der Waals surface area contributed by atoms with E-state index in [1.807, 2.05) is 0 Å². The van der Waals surface area contributed by atoms with Crippen molar-refractivity contribution in [3.63, 3.8) is 0 Å². The van der Waals surface area contributed by atoms with Gasteiger partial charge in [-0.1, -0.05) is 0 Å². The molecule has 1 atom stereocenters. The van der Waals surface area contributed by atoms with Crippen LogP contribution in [0.1, 0.15) is 33.1 Å². The fraction of sp³-hybridized carbons (Fsp3) is 0.933. The molecular weight excluding hydrogens is 256 g/mol. The van der Waals surface area contributed by atoms with Crippen LogP contribution in [0.15, 0.2) is 0 Å².